The second-order valence-corrected chi connectivity index (χ2v) is 6.85. The molecular formula is C15H22O4. The molecule has 2 bridgehead atoms. The van der Waals surface area contributed by atoms with Crippen molar-refractivity contribution in [2.75, 3.05) is 0 Å². The average molecular weight is 266 g/mol. The van der Waals surface area contributed by atoms with Gasteiger partial charge in [-0.25, -0.2) is 0 Å². The summed E-state index contributed by atoms with van der Waals surface area (Å²) in [5, 5.41) is 10.0. The van der Waals surface area contributed by atoms with Crippen LogP contribution in [0.1, 0.15) is 39.5 Å². The molecule has 0 aromatic carbocycles. The molecule has 1 N–H and O–H groups in total. The zero-order chi connectivity index (χ0) is 13.4. The Morgan fingerprint density at radius 2 is 2.11 bits per heavy atom. The van der Waals surface area contributed by atoms with E-state index in [0.29, 0.717) is 11.8 Å². The van der Waals surface area contributed by atoms with Crippen LogP contribution in [0.15, 0.2) is 12.2 Å². The summed E-state index contributed by atoms with van der Waals surface area (Å²) >= 11 is 0. The monoisotopic (exact) mass is 266 g/mol. The molecule has 3 heterocycles. The molecule has 4 heteroatoms. The molecule has 4 nitrogen and oxygen atoms in total. The fourth-order valence-corrected chi connectivity index (χ4v) is 4.83. The Balaban J connectivity index is 1.84. The van der Waals surface area contributed by atoms with E-state index in [2.05, 4.69) is 13.5 Å². The molecule has 4 rings (SSSR count). The second-order valence-electron chi connectivity index (χ2n) is 6.85. The molecule has 0 amide bonds. The number of aliphatic hydroxyl groups is 1. The smallest absolute Gasteiger partial charge is 0.194 e. The van der Waals surface area contributed by atoms with Crippen LogP contribution in [-0.2, 0) is 14.2 Å². The Bertz CT molecular complexity index is 436. The van der Waals surface area contributed by atoms with Crippen molar-refractivity contribution < 1.29 is 19.3 Å². The van der Waals surface area contributed by atoms with E-state index in [4.69, 9.17) is 14.2 Å². The van der Waals surface area contributed by atoms with Gasteiger partial charge in [-0.2, -0.15) is 0 Å². The van der Waals surface area contributed by atoms with E-state index in [0.717, 1.165) is 31.3 Å². The first-order chi connectivity index (χ1) is 8.96. The van der Waals surface area contributed by atoms with E-state index >= 15 is 0 Å². The van der Waals surface area contributed by atoms with Crippen LogP contribution in [-0.4, -0.2) is 29.1 Å². The van der Waals surface area contributed by atoms with Gasteiger partial charge in [0.15, 0.2) is 18.4 Å². The molecule has 0 aromatic heterocycles. The first-order valence-corrected chi connectivity index (χ1v) is 7.36. The normalized spacial score (nSPS) is 59.9. The van der Waals surface area contributed by atoms with Crippen LogP contribution in [0.3, 0.4) is 0 Å². The van der Waals surface area contributed by atoms with Crippen LogP contribution in [0.5, 0.6) is 0 Å². The van der Waals surface area contributed by atoms with Crippen LogP contribution in [0.4, 0.5) is 0 Å². The minimum absolute atomic E-state index is 0.157. The van der Waals surface area contributed by atoms with Crippen molar-refractivity contribution in [1.29, 1.82) is 0 Å². The summed E-state index contributed by atoms with van der Waals surface area (Å²) in [5.74, 6) is 0.651. The predicted octanol–water partition coefficient (Wildman–Crippen LogP) is 2.18. The van der Waals surface area contributed by atoms with Crippen LogP contribution < -0.4 is 0 Å². The minimum Gasteiger partial charge on any atom is -0.364 e. The topological polar surface area (TPSA) is 47.9 Å². The Hall–Kier alpha value is -0.420. The molecule has 0 aromatic rings. The van der Waals surface area contributed by atoms with Crippen molar-refractivity contribution >= 4 is 0 Å². The van der Waals surface area contributed by atoms with Gasteiger partial charge in [0.1, 0.15) is 5.60 Å². The van der Waals surface area contributed by atoms with Crippen LogP contribution >= 0.6 is 0 Å². The quantitative estimate of drug-likeness (QED) is 0.683. The van der Waals surface area contributed by atoms with Gasteiger partial charge in [0, 0.05) is 12.3 Å². The molecule has 1 saturated carbocycles. The molecule has 1 aliphatic carbocycles. The Morgan fingerprint density at radius 3 is 2.89 bits per heavy atom. The standard InChI is InChI=1S/C15H22O4/c1-8-4-5-11-9(2)12(16)17-13-15(11)10(8)6-7-14(3,18-13)19-15/h8,10-13,16H,2,4-7H2,1,3H3/t8-,10+,11+,12-,13-,14?,15-/m1/s1. The SMILES string of the molecule is C=C1[C@H](O)O[C@@H]2OC3(C)CC[C@H]4[C@H](C)CC[C@@H]1[C@@]24O3. The van der Waals surface area contributed by atoms with Crippen LogP contribution in [0.25, 0.3) is 0 Å². The van der Waals surface area contributed by atoms with Gasteiger partial charge in [-0.3, -0.25) is 0 Å². The number of ether oxygens (including phenoxy) is 3. The number of fused-ring (bicyclic) bond motifs is 1. The molecule has 0 radical (unpaired) electrons. The fraction of sp³-hybridized carbons (Fsp3) is 0.867. The highest BCUT2D eigenvalue weighted by Crippen LogP contribution is 2.62. The third-order valence-electron chi connectivity index (χ3n) is 5.77. The molecule has 19 heavy (non-hydrogen) atoms. The van der Waals surface area contributed by atoms with Gasteiger partial charge in [-0.1, -0.05) is 13.5 Å². The molecular weight excluding hydrogens is 244 g/mol. The Morgan fingerprint density at radius 1 is 1.32 bits per heavy atom. The van der Waals surface area contributed by atoms with Gasteiger partial charge in [-0.05, 0) is 43.6 Å². The molecule has 1 unspecified atom stereocenters. The Labute approximate surface area is 113 Å². The first-order valence-electron chi connectivity index (χ1n) is 7.36. The maximum Gasteiger partial charge on any atom is 0.194 e. The van der Waals surface area contributed by atoms with E-state index in [9.17, 15) is 5.11 Å². The van der Waals surface area contributed by atoms with Crippen LogP contribution in [0, 0.1) is 17.8 Å². The van der Waals surface area contributed by atoms with Gasteiger partial charge >= 0.3 is 0 Å². The minimum atomic E-state index is -0.916. The average Bonchev–Trinajstić information content (AvgIpc) is 2.56. The van der Waals surface area contributed by atoms with Gasteiger partial charge in [0.2, 0.25) is 0 Å². The first kappa shape index (κ1) is 12.3. The lowest BCUT2D eigenvalue weighted by Crippen LogP contribution is -2.64. The summed E-state index contributed by atoms with van der Waals surface area (Å²) in [5.41, 5.74) is 0.351. The van der Waals surface area contributed by atoms with Gasteiger partial charge in [-0.15, -0.1) is 0 Å². The number of aliphatic hydroxyl groups excluding tert-OH is 1. The fourth-order valence-electron chi connectivity index (χ4n) is 4.83. The van der Waals surface area contributed by atoms with Crippen molar-refractivity contribution in [3.63, 3.8) is 0 Å². The number of hydrogen-bond donors (Lipinski definition) is 1. The molecule has 3 saturated heterocycles. The summed E-state index contributed by atoms with van der Waals surface area (Å²) in [6, 6.07) is 0. The van der Waals surface area contributed by atoms with Gasteiger partial charge in [0.05, 0.1) is 0 Å². The highest BCUT2D eigenvalue weighted by atomic mass is 16.9. The molecule has 1 spiro atoms. The van der Waals surface area contributed by atoms with E-state index in [1.165, 1.54) is 0 Å². The summed E-state index contributed by atoms with van der Waals surface area (Å²) < 4.78 is 18.1. The Kier molecular flexibility index (Phi) is 2.34. The van der Waals surface area contributed by atoms with Crippen molar-refractivity contribution in [1.82, 2.24) is 0 Å². The third-order valence-corrected chi connectivity index (χ3v) is 5.77. The van der Waals surface area contributed by atoms with E-state index in [1.807, 2.05) is 6.92 Å². The maximum absolute atomic E-state index is 10.0. The summed E-state index contributed by atoms with van der Waals surface area (Å²) in [6.45, 7) is 8.34. The maximum atomic E-state index is 10.0. The van der Waals surface area contributed by atoms with E-state index in [1.54, 1.807) is 0 Å². The number of rotatable bonds is 0. The largest absolute Gasteiger partial charge is 0.364 e. The van der Waals surface area contributed by atoms with Crippen molar-refractivity contribution in [3.05, 3.63) is 12.2 Å². The lowest BCUT2D eigenvalue weighted by atomic mass is 9.58. The summed E-state index contributed by atoms with van der Waals surface area (Å²) in [7, 11) is 0. The second kappa shape index (κ2) is 3.61. The van der Waals surface area contributed by atoms with E-state index < -0.39 is 24.0 Å². The molecule has 7 atom stereocenters. The molecule has 4 fully saturated rings. The zero-order valence-electron chi connectivity index (χ0n) is 11.6. The van der Waals surface area contributed by atoms with E-state index in [-0.39, 0.29) is 5.92 Å². The highest BCUT2D eigenvalue weighted by molar-refractivity contribution is 5.23. The van der Waals surface area contributed by atoms with Crippen molar-refractivity contribution in [3.8, 4) is 0 Å². The summed E-state index contributed by atoms with van der Waals surface area (Å²) in [6.07, 6.45) is 2.82. The zero-order valence-corrected chi connectivity index (χ0v) is 11.6. The lowest BCUT2D eigenvalue weighted by Gasteiger charge is -2.56. The van der Waals surface area contributed by atoms with Gasteiger partial charge in [0.25, 0.3) is 0 Å². The third kappa shape index (κ3) is 1.38. The predicted molar refractivity (Wildman–Crippen MR) is 67.9 cm³/mol. The summed E-state index contributed by atoms with van der Waals surface area (Å²) in [4.78, 5) is 0. The lowest BCUT2D eigenvalue weighted by molar-refractivity contribution is -0.280. The molecule has 3 aliphatic heterocycles. The van der Waals surface area contributed by atoms with Crippen molar-refractivity contribution in [2.45, 2.75) is 63.5 Å². The van der Waals surface area contributed by atoms with Crippen LogP contribution in [0.2, 0.25) is 0 Å². The molecule has 4 aliphatic rings. The molecule has 106 valence electrons. The van der Waals surface area contributed by atoms with Gasteiger partial charge < -0.3 is 19.3 Å². The highest BCUT2D eigenvalue weighted by Gasteiger charge is 2.70. The van der Waals surface area contributed by atoms with Crippen molar-refractivity contribution in [2.24, 2.45) is 17.8 Å². The number of hydrogen-bond acceptors (Lipinski definition) is 4.